The first kappa shape index (κ1) is 44.8. The van der Waals surface area contributed by atoms with Crippen molar-refractivity contribution in [3.63, 3.8) is 0 Å². The Morgan fingerprint density at radius 3 is 1.62 bits per heavy atom. The van der Waals surface area contributed by atoms with E-state index in [1.165, 1.54) is 105 Å². The molecular formula is C32H58N8O11P2. The van der Waals surface area contributed by atoms with E-state index in [4.69, 9.17) is 44.1 Å². The summed E-state index contributed by atoms with van der Waals surface area (Å²) in [6, 6.07) is 0. The van der Waals surface area contributed by atoms with Crippen LogP contribution in [0.25, 0.3) is 0 Å². The van der Waals surface area contributed by atoms with Gasteiger partial charge in [0.1, 0.15) is 37.6 Å². The van der Waals surface area contributed by atoms with Crippen LogP contribution < -0.4 is 22.8 Å². The van der Waals surface area contributed by atoms with Crippen LogP contribution in [0.1, 0.15) is 96.8 Å². The van der Waals surface area contributed by atoms with Crippen molar-refractivity contribution in [2.24, 2.45) is 0 Å². The van der Waals surface area contributed by atoms with Crippen LogP contribution in [0.3, 0.4) is 0 Å². The zero-order valence-corrected chi connectivity index (χ0v) is 32.6. The average Bonchev–Trinajstić information content (AvgIpc) is 3.12. The maximum atomic E-state index is 12.6. The minimum atomic E-state index is -3.61. The minimum Gasteiger partial charge on any atom is -0.379 e. The number of rotatable bonds is 23. The van der Waals surface area contributed by atoms with Gasteiger partial charge in [-0.3, -0.25) is 18.3 Å². The van der Waals surface area contributed by atoms with Crippen molar-refractivity contribution >= 4 is 27.1 Å². The molecule has 0 amide bonds. The third-order valence-electron chi connectivity index (χ3n) is 8.39. The van der Waals surface area contributed by atoms with Crippen LogP contribution in [0.4, 0.5) is 11.9 Å². The fourth-order valence-electron chi connectivity index (χ4n) is 5.41. The van der Waals surface area contributed by atoms with E-state index in [9.17, 15) is 18.7 Å². The summed E-state index contributed by atoms with van der Waals surface area (Å²) in [5.41, 5.74) is 9.54. The van der Waals surface area contributed by atoms with Crippen molar-refractivity contribution in [3.8, 4) is 0 Å². The Morgan fingerprint density at radius 2 is 1.19 bits per heavy atom. The SMILES string of the molecule is CCCCCCCCCCCCCCCCOCCOP1(=O)CO[C@@H](Cn2cnc(N)nc2=O)CO1.Nc1ncn(C[C@H]2COP(=O)(O)CO2)c(=O)n1. The third kappa shape index (κ3) is 19.0. The van der Waals surface area contributed by atoms with Crippen LogP contribution in [0.5, 0.6) is 0 Å². The molecule has 302 valence electrons. The van der Waals surface area contributed by atoms with Gasteiger partial charge in [-0.2, -0.15) is 9.97 Å². The lowest BCUT2D eigenvalue weighted by atomic mass is 10.0. The first-order chi connectivity index (χ1) is 25.5. The van der Waals surface area contributed by atoms with E-state index in [1.54, 1.807) is 0 Å². The van der Waals surface area contributed by atoms with Gasteiger partial charge in [-0.15, -0.1) is 0 Å². The highest BCUT2D eigenvalue weighted by Crippen LogP contribution is 2.50. The summed E-state index contributed by atoms with van der Waals surface area (Å²) in [5, 5.41) is 0. The molecule has 2 aromatic rings. The maximum Gasteiger partial charge on any atom is 0.356 e. The highest BCUT2D eigenvalue weighted by atomic mass is 31.2. The Bertz CT molecular complexity index is 1530. The number of nitrogen functional groups attached to an aromatic ring is 2. The van der Waals surface area contributed by atoms with Gasteiger partial charge in [-0.25, -0.2) is 19.6 Å². The van der Waals surface area contributed by atoms with Crippen LogP contribution in [0, 0.1) is 0 Å². The van der Waals surface area contributed by atoms with Crippen LogP contribution in [0.15, 0.2) is 22.2 Å². The lowest BCUT2D eigenvalue weighted by Gasteiger charge is -2.29. The van der Waals surface area contributed by atoms with Gasteiger partial charge in [0.15, 0.2) is 0 Å². The Kier molecular flexibility index (Phi) is 20.9. The van der Waals surface area contributed by atoms with Gasteiger partial charge in [-0.1, -0.05) is 90.4 Å². The van der Waals surface area contributed by atoms with Gasteiger partial charge in [0, 0.05) is 6.61 Å². The highest BCUT2D eigenvalue weighted by Gasteiger charge is 2.33. The number of nitrogens with zero attached hydrogens (tertiary/aromatic N) is 6. The van der Waals surface area contributed by atoms with E-state index < -0.39 is 38.8 Å². The average molecular weight is 793 g/mol. The van der Waals surface area contributed by atoms with Crippen molar-refractivity contribution in [3.05, 3.63) is 33.6 Å². The molecule has 0 saturated carbocycles. The molecule has 21 heteroatoms. The smallest absolute Gasteiger partial charge is 0.356 e. The van der Waals surface area contributed by atoms with Crippen LogP contribution >= 0.6 is 15.2 Å². The number of hydrogen-bond donors (Lipinski definition) is 3. The molecule has 53 heavy (non-hydrogen) atoms. The third-order valence-corrected chi connectivity index (χ3v) is 11.0. The number of hydrogen-bond acceptors (Lipinski definition) is 16. The number of anilines is 2. The fraction of sp³-hybridized carbons (Fsp3) is 0.812. The molecule has 5 N–H and O–H groups in total. The molecule has 2 aliphatic heterocycles. The van der Waals surface area contributed by atoms with E-state index in [-0.39, 0.29) is 57.5 Å². The second-order valence-electron chi connectivity index (χ2n) is 13.0. The summed E-state index contributed by atoms with van der Waals surface area (Å²) in [6.45, 7) is 3.81. The van der Waals surface area contributed by atoms with E-state index in [0.29, 0.717) is 13.2 Å². The highest BCUT2D eigenvalue weighted by molar-refractivity contribution is 7.53. The summed E-state index contributed by atoms with van der Waals surface area (Å²) < 4.78 is 57.9. The number of nitrogens with two attached hydrogens (primary N) is 2. The monoisotopic (exact) mass is 792 g/mol. The largest absolute Gasteiger partial charge is 0.379 e. The molecule has 2 aromatic heterocycles. The Hall–Kier alpha value is -2.60. The topological polar surface area (TPSA) is 257 Å². The van der Waals surface area contributed by atoms with Gasteiger partial charge in [0.05, 0.1) is 39.5 Å². The molecule has 4 atom stereocenters. The van der Waals surface area contributed by atoms with Gasteiger partial charge in [0.25, 0.3) is 0 Å². The van der Waals surface area contributed by atoms with Crippen LogP contribution in [-0.4, -0.2) is 91.9 Å². The van der Waals surface area contributed by atoms with Crippen molar-refractivity contribution < 1.29 is 41.8 Å². The normalized spacial score (nSPS) is 23.0. The maximum absolute atomic E-state index is 12.6. The lowest BCUT2D eigenvalue weighted by Crippen LogP contribution is -2.35. The van der Waals surface area contributed by atoms with E-state index in [1.807, 2.05) is 0 Å². The van der Waals surface area contributed by atoms with Crippen molar-refractivity contribution in [2.45, 2.75) is 122 Å². The standard InChI is InChI=1S/C25H47N4O6P.C7H11N4O5P/c1-2-3-4-5-6-7-8-9-10-11-12-13-14-15-16-32-17-18-34-36(31)22-33-23(20-35-36)19-29-21-27-24(26)28-25(29)30;8-6-9-3-11(7(12)10-6)1-5-2-16-17(13,14)4-15-5/h21,23H,2-20,22H2,1H3,(H2,26,28,30);3,5H,1-2,4H2,(H,13,14)(H2,8,10,12)/t23-,36?;5-/m00/s1. The van der Waals surface area contributed by atoms with Gasteiger partial charge in [-0.05, 0) is 6.42 Å². The number of ether oxygens (including phenoxy) is 3. The molecular weight excluding hydrogens is 734 g/mol. The van der Waals surface area contributed by atoms with E-state index in [2.05, 4.69) is 26.9 Å². The predicted octanol–water partition coefficient (Wildman–Crippen LogP) is 4.08. The molecule has 19 nitrogen and oxygen atoms in total. The van der Waals surface area contributed by atoms with Gasteiger partial charge < -0.3 is 44.1 Å². The van der Waals surface area contributed by atoms with Gasteiger partial charge >= 0.3 is 26.6 Å². The lowest BCUT2D eigenvalue weighted by molar-refractivity contribution is -0.0181. The second kappa shape index (κ2) is 24.7. The minimum absolute atomic E-state index is 0.0496. The molecule has 2 fully saturated rings. The van der Waals surface area contributed by atoms with E-state index >= 15 is 0 Å². The van der Waals surface area contributed by atoms with Crippen LogP contribution in [-0.2, 0) is 50.0 Å². The van der Waals surface area contributed by atoms with Crippen molar-refractivity contribution in [1.29, 1.82) is 0 Å². The summed E-state index contributed by atoms with van der Waals surface area (Å²) >= 11 is 0. The Morgan fingerprint density at radius 1 is 0.717 bits per heavy atom. The Labute approximate surface area is 310 Å². The number of aromatic nitrogens is 6. The second-order valence-corrected chi connectivity index (χ2v) is 16.8. The molecule has 0 aromatic carbocycles. The van der Waals surface area contributed by atoms with Crippen LogP contribution in [0.2, 0.25) is 0 Å². The first-order valence-electron chi connectivity index (χ1n) is 18.5. The molecule has 0 aliphatic carbocycles. The molecule has 0 spiro atoms. The predicted molar refractivity (Wildman–Crippen MR) is 197 cm³/mol. The summed E-state index contributed by atoms with van der Waals surface area (Å²) in [7, 11) is -6.92. The number of unbranched alkanes of at least 4 members (excludes halogenated alkanes) is 13. The molecule has 0 bridgehead atoms. The molecule has 0 radical (unpaired) electrons. The van der Waals surface area contributed by atoms with Crippen molar-refractivity contribution in [1.82, 2.24) is 29.1 Å². The first-order valence-corrected chi connectivity index (χ1v) is 22.0. The summed E-state index contributed by atoms with van der Waals surface area (Å²) in [6.07, 6.45) is 19.7. The molecule has 2 saturated heterocycles. The quantitative estimate of drug-likeness (QED) is 0.106. The Balaban J connectivity index is 0.000000368. The summed E-state index contributed by atoms with van der Waals surface area (Å²) in [5.74, 6) is -0.187. The van der Waals surface area contributed by atoms with Crippen molar-refractivity contribution in [2.75, 3.05) is 57.2 Å². The summed E-state index contributed by atoms with van der Waals surface area (Å²) in [4.78, 5) is 46.6. The molecule has 2 aliphatic rings. The molecule has 2 unspecified atom stereocenters. The molecule has 4 rings (SSSR count). The zero-order chi connectivity index (χ0) is 38.4. The molecule has 4 heterocycles. The van der Waals surface area contributed by atoms with E-state index in [0.717, 1.165) is 6.42 Å². The zero-order valence-electron chi connectivity index (χ0n) is 30.8. The van der Waals surface area contributed by atoms with Gasteiger partial charge in [0.2, 0.25) is 11.9 Å². The fourth-order valence-corrected chi connectivity index (χ4v) is 7.65.